The van der Waals surface area contributed by atoms with Gasteiger partial charge in [-0.1, -0.05) is 258 Å². The minimum atomic E-state index is -0.930. The Kier molecular flexibility index (Phi) is 26.8. The van der Waals surface area contributed by atoms with Gasteiger partial charge in [-0.3, -0.25) is 4.79 Å². The molecule has 316 valence electrons. The van der Waals surface area contributed by atoms with Crippen LogP contribution in [0.4, 0.5) is 0 Å². The molecule has 0 heterocycles. The molecule has 0 bridgehead atoms. The third kappa shape index (κ3) is 19.9. The number of rotatable bonds is 35. The Bertz CT molecular complexity index is 1290. The summed E-state index contributed by atoms with van der Waals surface area (Å²) in [6.07, 6.45) is 35.5. The second kappa shape index (κ2) is 31.7. The fourth-order valence-corrected chi connectivity index (χ4v) is 8.09. The number of hydrogen-bond donors (Lipinski definition) is 2. The molecule has 57 heavy (non-hydrogen) atoms. The molecule has 2 atom stereocenters. The van der Waals surface area contributed by atoms with Crippen LogP contribution < -0.4 is 5.32 Å². The van der Waals surface area contributed by atoms with Gasteiger partial charge in [0.05, 0.1) is 18.8 Å². The summed E-state index contributed by atoms with van der Waals surface area (Å²) in [6.45, 7) is 4.70. The number of benzene rings is 3. The van der Waals surface area contributed by atoms with Crippen LogP contribution in [0.15, 0.2) is 103 Å². The first kappa shape index (κ1) is 48.2. The van der Waals surface area contributed by atoms with Gasteiger partial charge in [0, 0.05) is 6.42 Å². The Morgan fingerprint density at radius 2 is 0.895 bits per heavy atom. The summed E-state index contributed by atoms with van der Waals surface area (Å²) < 4.78 is 7.10. The van der Waals surface area contributed by atoms with Crippen molar-refractivity contribution >= 4 is 5.91 Å². The van der Waals surface area contributed by atoms with Crippen LogP contribution in [-0.2, 0) is 15.1 Å². The fraction of sp³-hybridized carbons (Fsp3) is 0.604. The Balaban J connectivity index is 1.59. The van der Waals surface area contributed by atoms with E-state index in [0.29, 0.717) is 6.42 Å². The molecular weight excluding hydrogens is 699 g/mol. The van der Waals surface area contributed by atoms with Crippen LogP contribution in [0.25, 0.3) is 0 Å². The largest absolute Gasteiger partial charge is 0.387 e. The molecule has 3 aromatic rings. The lowest BCUT2D eigenvalue weighted by Crippen LogP contribution is -2.48. The Hall–Kier alpha value is -3.21. The highest BCUT2D eigenvalue weighted by atomic mass is 16.5. The van der Waals surface area contributed by atoms with E-state index in [0.717, 1.165) is 42.4 Å². The molecule has 2 N–H and O–H groups in total. The summed E-state index contributed by atoms with van der Waals surface area (Å²) in [5, 5.41) is 14.9. The topological polar surface area (TPSA) is 58.6 Å². The summed E-state index contributed by atoms with van der Waals surface area (Å²) in [4.78, 5) is 13.5. The summed E-state index contributed by atoms with van der Waals surface area (Å²) in [6, 6.07) is 30.3. The van der Waals surface area contributed by atoms with Crippen LogP contribution in [0, 0.1) is 0 Å². The second-order valence-electron chi connectivity index (χ2n) is 16.5. The predicted molar refractivity (Wildman–Crippen MR) is 244 cm³/mol. The van der Waals surface area contributed by atoms with Gasteiger partial charge < -0.3 is 15.2 Å². The van der Waals surface area contributed by atoms with Crippen LogP contribution in [0.3, 0.4) is 0 Å². The highest BCUT2D eigenvalue weighted by molar-refractivity contribution is 5.76. The number of aliphatic hydroxyl groups excluding tert-OH is 1. The van der Waals surface area contributed by atoms with E-state index < -0.39 is 17.7 Å². The van der Waals surface area contributed by atoms with Gasteiger partial charge in [0.2, 0.25) is 5.91 Å². The number of carbonyl (C=O) groups excluding carboxylic acids is 1. The third-order valence-corrected chi connectivity index (χ3v) is 11.6. The van der Waals surface area contributed by atoms with Crippen LogP contribution in [0.2, 0.25) is 0 Å². The Morgan fingerprint density at radius 3 is 1.28 bits per heavy atom. The smallest absolute Gasteiger partial charge is 0.220 e. The molecule has 0 aliphatic heterocycles. The number of unbranched alkanes of at least 4 members (excludes halogenated alkanes) is 23. The lowest BCUT2D eigenvalue weighted by atomic mass is 9.80. The van der Waals surface area contributed by atoms with E-state index in [1.165, 1.54) is 135 Å². The number of amides is 1. The van der Waals surface area contributed by atoms with E-state index in [4.69, 9.17) is 4.74 Å². The van der Waals surface area contributed by atoms with E-state index in [1.807, 2.05) is 60.7 Å². The van der Waals surface area contributed by atoms with Gasteiger partial charge in [-0.25, -0.2) is 0 Å². The van der Waals surface area contributed by atoms with E-state index in [-0.39, 0.29) is 12.5 Å². The first-order valence-corrected chi connectivity index (χ1v) is 23.6. The van der Waals surface area contributed by atoms with Crippen molar-refractivity contribution in [3.63, 3.8) is 0 Å². The maximum Gasteiger partial charge on any atom is 0.220 e. The third-order valence-electron chi connectivity index (χ3n) is 11.6. The lowest BCUT2D eigenvalue weighted by molar-refractivity contribution is -0.123. The van der Waals surface area contributed by atoms with Crippen molar-refractivity contribution < 1.29 is 14.6 Å². The second-order valence-corrected chi connectivity index (χ2v) is 16.5. The number of ether oxygens (including phenoxy) is 1. The lowest BCUT2D eigenvalue weighted by Gasteiger charge is -2.37. The Morgan fingerprint density at radius 1 is 0.544 bits per heavy atom. The molecule has 0 fully saturated rings. The normalized spacial score (nSPS) is 12.9. The summed E-state index contributed by atoms with van der Waals surface area (Å²) >= 11 is 0. The van der Waals surface area contributed by atoms with Crippen LogP contribution in [0.5, 0.6) is 0 Å². The summed E-state index contributed by atoms with van der Waals surface area (Å²) in [5.74, 6) is -0.0192. The quantitative estimate of drug-likeness (QED) is 0.0355. The van der Waals surface area contributed by atoms with Gasteiger partial charge in [-0.15, -0.1) is 0 Å². The zero-order valence-electron chi connectivity index (χ0n) is 36.3. The highest BCUT2D eigenvalue weighted by Crippen LogP contribution is 2.40. The monoisotopic (exact) mass is 780 g/mol. The first-order chi connectivity index (χ1) is 28.1. The van der Waals surface area contributed by atoms with Crippen molar-refractivity contribution in [2.24, 2.45) is 0 Å². The Labute approximate surface area is 349 Å². The number of carbonyl (C=O) groups is 1. The molecule has 4 nitrogen and oxygen atoms in total. The molecule has 0 unspecified atom stereocenters. The van der Waals surface area contributed by atoms with Crippen molar-refractivity contribution in [3.05, 3.63) is 120 Å². The number of nitrogens with one attached hydrogen (secondary N) is 1. The molecule has 0 aliphatic carbocycles. The highest BCUT2D eigenvalue weighted by Gasteiger charge is 2.38. The number of aliphatic hydroxyl groups is 1. The molecule has 0 saturated carbocycles. The minimum absolute atomic E-state index is 0.0192. The average Bonchev–Trinajstić information content (AvgIpc) is 3.25. The summed E-state index contributed by atoms with van der Waals surface area (Å²) in [5.41, 5.74) is 2.07. The van der Waals surface area contributed by atoms with E-state index in [1.54, 1.807) is 0 Å². The number of hydrogen-bond acceptors (Lipinski definition) is 3. The van der Waals surface area contributed by atoms with Crippen LogP contribution >= 0.6 is 0 Å². The molecule has 3 rings (SSSR count). The zero-order valence-corrected chi connectivity index (χ0v) is 36.3. The van der Waals surface area contributed by atoms with Crippen molar-refractivity contribution in [2.45, 2.75) is 199 Å². The predicted octanol–water partition coefficient (Wildman–Crippen LogP) is 14.6. The van der Waals surface area contributed by atoms with Gasteiger partial charge in [-0.05, 0) is 36.0 Å². The fourth-order valence-electron chi connectivity index (χ4n) is 8.09. The standard InChI is InChI=1S/C53H81NO3/c1-3-5-7-9-11-13-15-17-19-21-23-25-36-44-51(55)50(54-52(56)45-37-26-24-22-20-18-16-14-12-10-8-6-4-2)46-57-53(47-38-30-27-31-39-47,48-40-32-28-33-41-48)49-42-34-29-35-43-49/h27-36,38-44,50-51,55H,3-26,37,45-46H2,1-2H3,(H,54,56)/t50-,51+/m0/s1. The maximum atomic E-state index is 13.5. The summed E-state index contributed by atoms with van der Waals surface area (Å²) in [7, 11) is 0. The zero-order chi connectivity index (χ0) is 40.5. The van der Waals surface area contributed by atoms with E-state index >= 15 is 0 Å². The van der Waals surface area contributed by atoms with Crippen molar-refractivity contribution in [1.29, 1.82) is 0 Å². The molecule has 0 aromatic heterocycles. The molecule has 0 radical (unpaired) electrons. The molecule has 0 saturated heterocycles. The van der Waals surface area contributed by atoms with Crippen LogP contribution in [0.1, 0.15) is 197 Å². The van der Waals surface area contributed by atoms with Gasteiger partial charge in [-0.2, -0.15) is 0 Å². The number of allylic oxidation sites excluding steroid dienone is 1. The van der Waals surface area contributed by atoms with Crippen molar-refractivity contribution in [2.75, 3.05) is 6.61 Å². The van der Waals surface area contributed by atoms with Crippen molar-refractivity contribution in [1.82, 2.24) is 5.32 Å². The van der Waals surface area contributed by atoms with Crippen molar-refractivity contribution in [3.8, 4) is 0 Å². The van der Waals surface area contributed by atoms with Crippen LogP contribution in [-0.4, -0.2) is 29.8 Å². The minimum Gasteiger partial charge on any atom is -0.387 e. The maximum absolute atomic E-state index is 13.5. The van der Waals surface area contributed by atoms with Gasteiger partial charge in [0.25, 0.3) is 0 Å². The van der Waals surface area contributed by atoms with Gasteiger partial charge >= 0.3 is 0 Å². The SMILES string of the molecule is CCCCCCCCCCCCCC=C[C@@H](O)[C@H](COC(c1ccccc1)(c1ccccc1)c1ccccc1)NC(=O)CCCCCCCCCCCCCCC. The molecule has 0 aliphatic rings. The van der Waals surface area contributed by atoms with E-state index in [2.05, 4.69) is 61.6 Å². The molecule has 3 aromatic carbocycles. The van der Waals surface area contributed by atoms with Gasteiger partial charge in [0.15, 0.2) is 0 Å². The first-order valence-electron chi connectivity index (χ1n) is 23.6. The average molecular weight is 780 g/mol. The molecule has 4 heteroatoms. The molecular formula is C53H81NO3. The molecule has 1 amide bonds. The molecule has 0 spiro atoms. The van der Waals surface area contributed by atoms with Gasteiger partial charge in [0.1, 0.15) is 5.60 Å². The van der Waals surface area contributed by atoms with E-state index in [9.17, 15) is 9.90 Å².